The molecule has 0 bridgehead atoms. The summed E-state index contributed by atoms with van der Waals surface area (Å²) in [6.07, 6.45) is 0. The van der Waals surface area contributed by atoms with Crippen molar-refractivity contribution in [2.45, 2.75) is 0 Å². The topological polar surface area (TPSA) is 17.8 Å². The van der Waals surface area contributed by atoms with Crippen molar-refractivity contribution in [2.75, 3.05) is 0 Å². The Bertz CT molecular complexity index is 2850. The summed E-state index contributed by atoms with van der Waals surface area (Å²) in [6, 6.07) is 65.4. The highest BCUT2D eigenvalue weighted by Gasteiger charge is 2.19. The van der Waals surface area contributed by atoms with Gasteiger partial charge in [0.2, 0.25) is 0 Å². The summed E-state index contributed by atoms with van der Waals surface area (Å²) in [6.45, 7) is 0. The van der Waals surface area contributed by atoms with Gasteiger partial charge in [0.05, 0.1) is 22.4 Å². The fourth-order valence-corrected chi connectivity index (χ4v) is 8.71. The highest BCUT2D eigenvalue weighted by atomic mass is 32.1. The number of pyridine rings is 1. The summed E-state index contributed by atoms with van der Waals surface area (Å²) >= 11 is 1.85. The van der Waals surface area contributed by atoms with Crippen molar-refractivity contribution < 1.29 is 0 Å². The quantitative estimate of drug-likeness (QED) is 0.181. The summed E-state index contributed by atoms with van der Waals surface area (Å²) in [7, 11) is 0. The molecule has 0 N–H and O–H groups in total. The maximum Gasteiger partial charge on any atom is 0.0730 e. The Labute approximate surface area is 294 Å². The number of thiophene rings is 1. The van der Waals surface area contributed by atoms with Crippen molar-refractivity contribution in [3.63, 3.8) is 0 Å². The molecule has 0 aliphatic heterocycles. The van der Waals surface area contributed by atoms with Crippen molar-refractivity contribution in [3.8, 4) is 50.5 Å². The molecule has 234 valence electrons. The van der Waals surface area contributed by atoms with Crippen LogP contribution in [0.5, 0.6) is 0 Å². The molecule has 0 atom stereocenters. The van der Waals surface area contributed by atoms with Crippen LogP contribution in [-0.4, -0.2) is 9.55 Å². The number of nitrogens with zero attached hydrogens (tertiary/aromatic N) is 2. The standard InChI is InChI=1S/C47H30N2S/c1-3-13-31(14-4-1)32-25-27-33(28-26-32)42-29-34(30-43(48-42)41-22-12-21-40-38-18-8-10-24-45(38)50-47(40)41)36-19-11-20-39-37-17-7-9-23-44(37)49(46(36)39)35-15-5-2-6-16-35/h1-30H. The summed E-state index contributed by atoms with van der Waals surface area (Å²) < 4.78 is 4.97. The SMILES string of the molecule is c1ccc(-c2ccc(-c3cc(-c4cccc5c6ccccc6n(-c6ccccc6)c45)cc(-c4cccc5c4sc4ccccc45)n3)cc2)cc1. The summed E-state index contributed by atoms with van der Waals surface area (Å²) in [5.74, 6) is 0. The van der Waals surface area contributed by atoms with Crippen LogP contribution in [0.2, 0.25) is 0 Å². The minimum atomic E-state index is 0.953. The molecule has 0 fully saturated rings. The van der Waals surface area contributed by atoms with Gasteiger partial charge in [-0.25, -0.2) is 4.98 Å². The lowest BCUT2D eigenvalue weighted by atomic mass is 9.96. The maximum atomic E-state index is 5.43. The normalized spacial score (nSPS) is 11.6. The van der Waals surface area contributed by atoms with Crippen molar-refractivity contribution in [2.24, 2.45) is 0 Å². The van der Waals surface area contributed by atoms with E-state index in [1.165, 1.54) is 58.7 Å². The molecule has 0 saturated carbocycles. The van der Waals surface area contributed by atoms with E-state index in [0.717, 1.165) is 33.8 Å². The zero-order chi connectivity index (χ0) is 33.0. The van der Waals surface area contributed by atoms with Crippen molar-refractivity contribution in [3.05, 3.63) is 182 Å². The van der Waals surface area contributed by atoms with Gasteiger partial charge in [0.15, 0.2) is 0 Å². The number of hydrogen-bond donors (Lipinski definition) is 0. The molecule has 50 heavy (non-hydrogen) atoms. The van der Waals surface area contributed by atoms with Gasteiger partial charge >= 0.3 is 0 Å². The fourth-order valence-electron chi connectivity index (χ4n) is 7.48. The number of benzene rings is 7. The minimum Gasteiger partial charge on any atom is -0.309 e. The van der Waals surface area contributed by atoms with Gasteiger partial charge in [-0.3, -0.25) is 0 Å². The lowest BCUT2D eigenvalue weighted by Crippen LogP contribution is -1.96. The third-order valence-electron chi connectivity index (χ3n) is 9.81. The highest BCUT2D eigenvalue weighted by molar-refractivity contribution is 7.26. The van der Waals surface area contributed by atoms with Crippen LogP contribution in [-0.2, 0) is 0 Å². The van der Waals surface area contributed by atoms with Crippen LogP contribution < -0.4 is 0 Å². The van der Waals surface area contributed by atoms with Crippen molar-refractivity contribution >= 4 is 53.3 Å². The van der Waals surface area contributed by atoms with Gasteiger partial charge in [0.25, 0.3) is 0 Å². The number of rotatable bonds is 5. The summed E-state index contributed by atoms with van der Waals surface area (Å²) in [5.41, 5.74) is 12.4. The fraction of sp³-hybridized carbons (Fsp3) is 0. The van der Waals surface area contributed by atoms with Crippen molar-refractivity contribution in [1.82, 2.24) is 9.55 Å². The zero-order valence-electron chi connectivity index (χ0n) is 27.1. The van der Waals surface area contributed by atoms with Crippen LogP contribution >= 0.6 is 11.3 Å². The van der Waals surface area contributed by atoms with Crippen LogP contribution in [0.4, 0.5) is 0 Å². The molecule has 0 aliphatic carbocycles. The van der Waals surface area contributed by atoms with Crippen LogP contribution in [0.25, 0.3) is 92.4 Å². The molecule has 0 unspecified atom stereocenters. The first-order valence-electron chi connectivity index (χ1n) is 17.0. The molecule has 0 radical (unpaired) electrons. The van der Waals surface area contributed by atoms with Crippen LogP contribution in [0, 0.1) is 0 Å². The minimum absolute atomic E-state index is 0.953. The Hall–Kier alpha value is -6.29. The Morgan fingerprint density at radius 1 is 0.400 bits per heavy atom. The maximum absolute atomic E-state index is 5.43. The van der Waals surface area contributed by atoms with E-state index in [4.69, 9.17) is 4.98 Å². The van der Waals surface area contributed by atoms with Gasteiger partial charge < -0.3 is 4.57 Å². The smallest absolute Gasteiger partial charge is 0.0730 e. The average Bonchev–Trinajstić information content (AvgIpc) is 3.75. The van der Waals surface area contributed by atoms with Gasteiger partial charge in [-0.05, 0) is 53.1 Å². The van der Waals surface area contributed by atoms with E-state index in [-0.39, 0.29) is 0 Å². The van der Waals surface area contributed by atoms with Gasteiger partial charge in [-0.1, -0.05) is 146 Å². The van der Waals surface area contributed by atoms with Gasteiger partial charge in [-0.2, -0.15) is 0 Å². The highest BCUT2D eigenvalue weighted by Crippen LogP contribution is 2.43. The molecule has 0 aliphatic rings. The van der Waals surface area contributed by atoms with Gasteiger partial charge in [0.1, 0.15) is 0 Å². The predicted molar refractivity (Wildman–Crippen MR) is 213 cm³/mol. The molecule has 7 aromatic carbocycles. The molecule has 10 rings (SSSR count). The molecule has 0 amide bonds. The van der Waals surface area contributed by atoms with E-state index in [9.17, 15) is 0 Å². The molecule has 0 spiro atoms. The molecule has 3 heterocycles. The van der Waals surface area contributed by atoms with E-state index in [0.29, 0.717) is 0 Å². The van der Waals surface area contributed by atoms with Crippen LogP contribution in [0.1, 0.15) is 0 Å². The van der Waals surface area contributed by atoms with Crippen LogP contribution in [0.15, 0.2) is 182 Å². The van der Waals surface area contributed by atoms with E-state index in [1.807, 2.05) is 11.3 Å². The predicted octanol–water partition coefficient (Wildman–Crippen LogP) is 13.2. The third-order valence-corrected chi connectivity index (χ3v) is 11.0. The van der Waals surface area contributed by atoms with Gasteiger partial charge in [0, 0.05) is 53.3 Å². The number of fused-ring (bicyclic) bond motifs is 6. The Kier molecular flexibility index (Phi) is 6.71. The molecule has 2 nitrogen and oxygen atoms in total. The molecule has 10 aromatic rings. The number of para-hydroxylation sites is 3. The second kappa shape index (κ2) is 11.7. The van der Waals surface area contributed by atoms with Crippen molar-refractivity contribution in [1.29, 1.82) is 0 Å². The Morgan fingerprint density at radius 2 is 1.00 bits per heavy atom. The first-order valence-corrected chi connectivity index (χ1v) is 17.8. The van der Waals surface area contributed by atoms with E-state index in [2.05, 4.69) is 187 Å². The first kappa shape index (κ1) is 28.7. The largest absolute Gasteiger partial charge is 0.309 e. The Balaban J connectivity index is 1.25. The first-order chi connectivity index (χ1) is 24.8. The third kappa shape index (κ3) is 4.67. The second-order valence-corrected chi connectivity index (χ2v) is 13.8. The summed E-state index contributed by atoms with van der Waals surface area (Å²) in [5, 5.41) is 5.05. The second-order valence-electron chi connectivity index (χ2n) is 12.7. The summed E-state index contributed by atoms with van der Waals surface area (Å²) in [4.78, 5) is 5.43. The monoisotopic (exact) mass is 654 g/mol. The van der Waals surface area contributed by atoms with E-state index < -0.39 is 0 Å². The molecule has 3 aromatic heterocycles. The molecule has 0 saturated heterocycles. The lowest BCUT2D eigenvalue weighted by molar-refractivity contribution is 1.18. The Morgan fingerprint density at radius 3 is 1.82 bits per heavy atom. The van der Waals surface area contributed by atoms with E-state index in [1.54, 1.807) is 0 Å². The van der Waals surface area contributed by atoms with Crippen LogP contribution in [0.3, 0.4) is 0 Å². The molecular weight excluding hydrogens is 625 g/mol. The number of hydrogen-bond acceptors (Lipinski definition) is 2. The zero-order valence-corrected chi connectivity index (χ0v) is 27.9. The number of aromatic nitrogens is 2. The van der Waals surface area contributed by atoms with Gasteiger partial charge in [-0.15, -0.1) is 11.3 Å². The average molecular weight is 655 g/mol. The lowest BCUT2D eigenvalue weighted by Gasteiger charge is -2.14. The molecular formula is C47H30N2S. The molecule has 3 heteroatoms. The van der Waals surface area contributed by atoms with E-state index >= 15 is 0 Å².